The lowest BCUT2D eigenvalue weighted by atomic mass is 10.2. The summed E-state index contributed by atoms with van der Waals surface area (Å²) in [5, 5.41) is 0.527. The van der Waals surface area contributed by atoms with E-state index in [1.54, 1.807) is 6.07 Å². The average molecular weight is 268 g/mol. The van der Waals surface area contributed by atoms with Crippen LogP contribution in [0.3, 0.4) is 0 Å². The third kappa shape index (κ3) is 1.81. The molecule has 2 rings (SSSR count). The van der Waals surface area contributed by atoms with E-state index in [9.17, 15) is 4.79 Å². The van der Waals surface area contributed by atoms with E-state index in [1.165, 1.54) is 0 Å². The van der Waals surface area contributed by atoms with Gasteiger partial charge in [0.2, 0.25) is 0 Å². The number of halogens is 1. The number of rotatable bonds is 1. The molecule has 0 radical (unpaired) electrons. The fourth-order valence-corrected chi connectivity index (χ4v) is 2.13. The first-order valence-electron chi connectivity index (χ1n) is 4.71. The minimum Gasteiger partial charge on any atom is -0.408 e. The Kier molecular flexibility index (Phi) is 2.61. The highest BCUT2D eigenvalue weighted by molar-refractivity contribution is 9.10. The first-order chi connectivity index (χ1) is 7.11. The molecule has 0 unspecified atom stereocenters. The molecule has 0 N–H and O–H groups in total. The van der Waals surface area contributed by atoms with Crippen molar-refractivity contribution in [2.45, 2.75) is 20.3 Å². The van der Waals surface area contributed by atoms with E-state index in [2.05, 4.69) is 20.9 Å². The fraction of sp³-hybridized carbons (Fsp3) is 0.273. The lowest BCUT2D eigenvalue weighted by molar-refractivity contribution is 0.450. The van der Waals surface area contributed by atoms with Crippen LogP contribution in [0.2, 0.25) is 0 Å². The van der Waals surface area contributed by atoms with Gasteiger partial charge in [0.15, 0.2) is 5.89 Å². The van der Waals surface area contributed by atoms with Crippen LogP contribution in [-0.2, 0) is 6.42 Å². The maximum atomic E-state index is 11.6. The summed E-state index contributed by atoms with van der Waals surface area (Å²) in [6, 6.07) is 3.73. The Morgan fingerprint density at radius 2 is 2.20 bits per heavy atom. The van der Waals surface area contributed by atoms with Crippen molar-refractivity contribution in [3.05, 3.63) is 38.5 Å². The summed E-state index contributed by atoms with van der Waals surface area (Å²) in [5.74, 6) is 0.469. The maximum absolute atomic E-state index is 11.6. The lowest BCUT2D eigenvalue weighted by Crippen LogP contribution is -2.05. The Balaban J connectivity index is 2.91. The van der Waals surface area contributed by atoms with Gasteiger partial charge in [-0.05, 0) is 40.5 Å². The largest absolute Gasteiger partial charge is 0.408 e. The van der Waals surface area contributed by atoms with Crippen molar-refractivity contribution in [3.63, 3.8) is 0 Å². The molecule has 0 bridgehead atoms. The number of hydrogen-bond donors (Lipinski definition) is 0. The molecule has 1 aromatic carbocycles. The lowest BCUT2D eigenvalue weighted by Gasteiger charge is -2.02. The maximum Gasteiger partial charge on any atom is 0.346 e. The minimum atomic E-state index is -0.318. The molecular weight excluding hydrogens is 258 g/mol. The molecule has 0 aliphatic carbocycles. The molecule has 78 valence electrons. The summed E-state index contributed by atoms with van der Waals surface area (Å²) >= 11 is 3.40. The zero-order chi connectivity index (χ0) is 11.0. The van der Waals surface area contributed by atoms with Crippen molar-refractivity contribution >= 4 is 26.8 Å². The monoisotopic (exact) mass is 267 g/mol. The van der Waals surface area contributed by atoms with Crippen LogP contribution < -0.4 is 5.63 Å². The molecule has 2 aromatic rings. The highest BCUT2D eigenvalue weighted by atomic mass is 79.9. The zero-order valence-electron chi connectivity index (χ0n) is 8.50. The Morgan fingerprint density at radius 3 is 2.87 bits per heavy atom. The van der Waals surface area contributed by atoms with Crippen molar-refractivity contribution in [2.24, 2.45) is 0 Å². The van der Waals surface area contributed by atoms with Gasteiger partial charge in [-0.2, -0.15) is 0 Å². The Hall–Kier alpha value is -1.16. The van der Waals surface area contributed by atoms with Gasteiger partial charge in [-0.25, -0.2) is 9.78 Å². The molecule has 1 aromatic heterocycles. The van der Waals surface area contributed by atoms with E-state index in [0.717, 1.165) is 10.0 Å². The molecule has 0 aliphatic heterocycles. The van der Waals surface area contributed by atoms with Gasteiger partial charge < -0.3 is 4.42 Å². The van der Waals surface area contributed by atoms with Crippen LogP contribution >= 0.6 is 15.9 Å². The van der Waals surface area contributed by atoms with Gasteiger partial charge in [0.05, 0.1) is 10.9 Å². The van der Waals surface area contributed by atoms with Gasteiger partial charge in [-0.15, -0.1) is 0 Å². The molecule has 0 amide bonds. The van der Waals surface area contributed by atoms with Crippen LogP contribution in [0.25, 0.3) is 10.9 Å². The Bertz CT molecular complexity index is 575. The number of benzene rings is 1. The van der Waals surface area contributed by atoms with Crippen molar-refractivity contribution in [2.75, 3.05) is 0 Å². The normalized spacial score (nSPS) is 10.9. The van der Waals surface area contributed by atoms with Crippen LogP contribution in [0.15, 0.2) is 25.8 Å². The molecule has 0 fully saturated rings. The SMILES string of the molecule is CCc1nc2c(Br)cc(C)cc2c(=O)o1. The van der Waals surface area contributed by atoms with E-state index in [4.69, 9.17) is 4.42 Å². The van der Waals surface area contributed by atoms with Crippen molar-refractivity contribution in [1.82, 2.24) is 4.98 Å². The molecule has 0 aliphatic rings. The number of fused-ring (bicyclic) bond motifs is 1. The van der Waals surface area contributed by atoms with Gasteiger partial charge in [-0.3, -0.25) is 0 Å². The summed E-state index contributed by atoms with van der Waals surface area (Å²) in [6.45, 7) is 3.83. The molecular formula is C11H10BrNO2. The van der Waals surface area contributed by atoms with E-state index in [-0.39, 0.29) is 5.63 Å². The third-order valence-corrected chi connectivity index (χ3v) is 2.78. The van der Waals surface area contributed by atoms with E-state index < -0.39 is 0 Å². The molecule has 4 heteroatoms. The number of aryl methyl sites for hydroxylation is 2. The van der Waals surface area contributed by atoms with Gasteiger partial charge in [0, 0.05) is 10.9 Å². The predicted molar refractivity (Wildman–Crippen MR) is 62.1 cm³/mol. The van der Waals surface area contributed by atoms with E-state index >= 15 is 0 Å². The highest BCUT2D eigenvalue weighted by Crippen LogP contribution is 2.22. The number of aromatic nitrogens is 1. The summed E-state index contributed by atoms with van der Waals surface area (Å²) in [7, 11) is 0. The summed E-state index contributed by atoms with van der Waals surface area (Å²) in [5.41, 5.74) is 1.36. The van der Waals surface area contributed by atoms with Gasteiger partial charge >= 0.3 is 5.63 Å². The first kappa shape index (κ1) is 10.4. The smallest absolute Gasteiger partial charge is 0.346 e. The molecule has 3 nitrogen and oxygen atoms in total. The summed E-state index contributed by atoms with van der Waals surface area (Å²) in [6.07, 6.45) is 0.617. The Labute approximate surface area is 95.3 Å². The average Bonchev–Trinajstić information content (AvgIpc) is 2.19. The van der Waals surface area contributed by atoms with Crippen molar-refractivity contribution in [3.8, 4) is 0 Å². The summed E-state index contributed by atoms with van der Waals surface area (Å²) in [4.78, 5) is 15.9. The second-order valence-corrected chi connectivity index (χ2v) is 4.25. The highest BCUT2D eigenvalue weighted by Gasteiger charge is 2.08. The molecule has 0 spiro atoms. The Morgan fingerprint density at radius 1 is 1.47 bits per heavy atom. The van der Waals surface area contributed by atoms with Crippen LogP contribution in [0.1, 0.15) is 18.4 Å². The number of nitrogens with zero attached hydrogens (tertiary/aromatic N) is 1. The van der Waals surface area contributed by atoms with Crippen molar-refractivity contribution in [1.29, 1.82) is 0 Å². The second kappa shape index (κ2) is 3.77. The fourth-order valence-electron chi connectivity index (χ4n) is 1.46. The first-order valence-corrected chi connectivity index (χ1v) is 5.51. The van der Waals surface area contributed by atoms with Gasteiger partial charge in [0.25, 0.3) is 0 Å². The topological polar surface area (TPSA) is 43.1 Å². The van der Waals surface area contributed by atoms with Crippen LogP contribution in [-0.4, -0.2) is 4.98 Å². The molecule has 15 heavy (non-hydrogen) atoms. The summed E-state index contributed by atoms with van der Waals surface area (Å²) < 4.78 is 5.90. The predicted octanol–water partition coefficient (Wildman–Crippen LogP) is 2.82. The molecule has 0 saturated carbocycles. The van der Waals surface area contributed by atoms with Gasteiger partial charge in [-0.1, -0.05) is 6.92 Å². The van der Waals surface area contributed by atoms with Crippen molar-refractivity contribution < 1.29 is 4.42 Å². The van der Waals surface area contributed by atoms with E-state index in [1.807, 2.05) is 19.9 Å². The molecule has 0 atom stereocenters. The number of hydrogen-bond acceptors (Lipinski definition) is 3. The quantitative estimate of drug-likeness (QED) is 0.798. The third-order valence-electron chi connectivity index (χ3n) is 2.18. The van der Waals surface area contributed by atoms with E-state index in [0.29, 0.717) is 23.2 Å². The van der Waals surface area contributed by atoms with Crippen LogP contribution in [0, 0.1) is 6.92 Å². The van der Waals surface area contributed by atoms with Crippen LogP contribution in [0.4, 0.5) is 0 Å². The standard InChI is InChI=1S/C11H10BrNO2/c1-3-9-13-10-7(11(14)15-9)4-6(2)5-8(10)12/h4-5H,3H2,1-2H3. The van der Waals surface area contributed by atoms with Crippen LogP contribution in [0.5, 0.6) is 0 Å². The minimum absolute atomic E-state index is 0.318. The molecule has 0 saturated heterocycles. The molecule has 1 heterocycles. The van der Waals surface area contributed by atoms with Gasteiger partial charge in [0.1, 0.15) is 0 Å². The zero-order valence-corrected chi connectivity index (χ0v) is 10.1. The second-order valence-electron chi connectivity index (χ2n) is 3.39.